The minimum absolute atomic E-state index is 0.0867. The Morgan fingerprint density at radius 1 is 1.16 bits per heavy atom. The van der Waals surface area contributed by atoms with Crippen LogP contribution in [0.3, 0.4) is 0 Å². The zero-order valence-corrected chi connectivity index (χ0v) is 17.9. The molecule has 2 aromatic carbocycles. The van der Waals surface area contributed by atoms with Crippen molar-refractivity contribution in [3.05, 3.63) is 64.7 Å². The number of hydrogen-bond acceptors (Lipinski definition) is 5. The number of rotatable bonds is 4. The van der Waals surface area contributed by atoms with Gasteiger partial charge in [-0.2, -0.15) is 0 Å². The van der Waals surface area contributed by atoms with Crippen LogP contribution >= 0.6 is 0 Å². The van der Waals surface area contributed by atoms with Gasteiger partial charge < -0.3 is 21.1 Å². The van der Waals surface area contributed by atoms with Gasteiger partial charge in [0.05, 0.1) is 13.5 Å². The molecule has 1 aliphatic rings. The van der Waals surface area contributed by atoms with Crippen molar-refractivity contribution in [3.8, 4) is 17.6 Å². The van der Waals surface area contributed by atoms with Crippen molar-refractivity contribution < 1.29 is 23.9 Å². The smallest absolute Gasteiger partial charge is 0.322 e. The van der Waals surface area contributed by atoms with E-state index >= 15 is 0 Å². The molecular weight excluding hydrogens is 412 g/mol. The number of ether oxygens (including phenoxy) is 1. The maximum Gasteiger partial charge on any atom is 0.322 e. The second-order valence-electron chi connectivity index (χ2n) is 6.77. The summed E-state index contributed by atoms with van der Waals surface area (Å²) in [5, 5.41) is 7.05. The zero-order chi connectivity index (χ0) is 23.7. The van der Waals surface area contributed by atoms with Crippen molar-refractivity contribution in [1.82, 2.24) is 16.0 Å². The Labute approximate surface area is 185 Å². The second-order valence-corrected chi connectivity index (χ2v) is 6.77. The number of amides is 5. The normalized spacial score (nSPS) is 14.0. The van der Waals surface area contributed by atoms with Gasteiger partial charge in [-0.3, -0.25) is 19.7 Å². The van der Waals surface area contributed by atoms with Crippen LogP contribution in [0.1, 0.15) is 27.0 Å². The fourth-order valence-electron chi connectivity index (χ4n) is 2.69. The Morgan fingerprint density at radius 2 is 1.84 bits per heavy atom. The molecule has 2 aromatic rings. The molecule has 0 aliphatic carbocycles. The van der Waals surface area contributed by atoms with Gasteiger partial charge in [0, 0.05) is 18.2 Å². The topological polar surface area (TPSA) is 140 Å². The van der Waals surface area contributed by atoms with Gasteiger partial charge in [0.25, 0.3) is 11.8 Å². The van der Waals surface area contributed by atoms with E-state index in [1.165, 1.54) is 0 Å². The Bertz CT molecular complexity index is 1080. The van der Waals surface area contributed by atoms with Gasteiger partial charge in [-0.25, -0.2) is 4.79 Å². The monoisotopic (exact) mass is 436 g/mol. The van der Waals surface area contributed by atoms with Crippen LogP contribution < -0.4 is 26.4 Å². The summed E-state index contributed by atoms with van der Waals surface area (Å²) in [6.07, 6.45) is 0.175. The molecule has 9 heteroatoms. The van der Waals surface area contributed by atoms with Crippen LogP contribution in [0.5, 0.6) is 5.75 Å². The van der Waals surface area contributed by atoms with Crippen LogP contribution in [-0.4, -0.2) is 44.0 Å². The van der Waals surface area contributed by atoms with Crippen LogP contribution in [0.25, 0.3) is 0 Å². The highest BCUT2D eigenvalue weighted by atomic mass is 16.5. The molecule has 3 rings (SSSR count). The highest BCUT2D eigenvalue weighted by molar-refractivity contribution is 6.05. The quantitative estimate of drug-likeness (QED) is 0.411. The lowest BCUT2D eigenvalue weighted by atomic mass is 10.1. The Balaban J connectivity index is 0.000000244. The number of nitrogens with two attached hydrogens (primary N) is 1. The van der Waals surface area contributed by atoms with E-state index in [0.29, 0.717) is 16.9 Å². The van der Waals surface area contributed by atoms with Gasteiger partial charge in [0.2, 0.25) is 5.91 Å². The molecule has 1 atom stereocenters. The molecule has 5 amide bonds. The van der Waals surface area contributed by atoms with Gasteiger partial charge in [-0.15, -0.1) is 0 Å². The molecule has 32 heavy (non-hydrogen) atoms. The third kappa shape index (κ3) is 6.88. The lowest BCUT2D eigenvalue weighted by Gasteiger charge is -2.06. The number of hydrogen-bond donors (Lipinski definition) is 4. The molecule has 0 aromatic heterocycles. The van der Waals surface area contributed by atoms with E-state index in [0.717, 1.165) is 11.1 Å². The molecule has 1 saturated heterocycles. The number of nitrogens with one attached hydrogen (secondary N) is 3. The second kappa shape index (κ2) is 11.2. The number of aryl methyl sites for hydroxylation is 1. The number of benzene rings is 2. The van der Waals surface area contributed by atoms with E-state index in [1.807, 2.05) is 19.1 Å². The van der Waals surface area contributed by atoms with Crippen molar-refractivity contribution in [2.75, 3.05) is 14.2 Å². The average Bonchev–Trinajstić information content (AvgIpc) is 3.10. The molecular formula is C23H24N4O5. The van der Waals surface area contributed by atoms with E-state index in [1.54, 1.807) is 44.5 Å². The summed E-state index contributed by atoms with van der Waals surface area (Å²) in [5.41, 5.74) is 8.16. The van der Waals surface area contributed by atoms with Gasteiger partial charge in [0.15, 0.2) is 6.04 Å². The summed E-state index contributed by atoms with van der Waals surface area (Å²) >= 11 is 0. The van der Waals surface area contributed by atoms with Crippen LogP contribution in [0, 0.1) is 18.8 Å². The first-order chi connectivity index (χ1) is 15.2. The Hall–Kier alpha value is -4.32. The molecule has 1 heterocycles. The van der Waals surface area contributed by atoms with E-state index < -0.39 is 23.9 Å². The SMILES string of the molecule is CNC(=O)c1cc(OC)ccc1C.NC(=O)Cc1ccc(C#CC2NC(=O)NC2=O)cc1. The summed E-state index contributed by atoms with van der Waals surface area (Å²) < 4.78 is 5.02. The fourth-order valence-corrected chi connectivity index (χ4v) is 2.69. The van der Waals surface area contributed by atoms with Crippen molar-refractivity contribution in [2.45, 2.75) is 19.4 Å². The minimum atomic E-state index is -0.821. The lowest BCUT2D eigenvalue weighted by Crippen LogP contribution is -2.26. The number of carbonyl (C=O) groups is 4. The molecule has 166 valence electrons. The largest absolute Gasteiger partial charge is 0.497 e. The van der Waals surface area contributed by atoms with Crippen molar-refractivity contribution in [2.24, 2.45) is 5.73 Å². The van der Waals surface area contributed by atoms with E-state index in [9.17, 15) is 19.2 Å². The number of imide groups is 1. The molecule has 0 saturated carbocycles. The highest BCUT2D eigenvalue weighted by Crippen LogP contribution is 2.16. The van der Waals surface area contributed by atoms with Gasteiger partial charge in [0.1, 0.15) is 5.75 Å². The summed E-state index contributed by atoms with van der Waals surface area (Å²) in [4.78, 5) is 44.2. The number of urea groups is 1. The molecule has 1 unspecified atom stereocenters. The number of carbonyl (C=O) groups excluding carboxylic acids is 4. The highest BCUT2D eigenvalue weighted by Gasteiger charge is 2.27. The summed E-state index contributed by atoms with van der Waals surface area (Å²) in [5.74, 6) is 5.19. The summed E-state index contributed by atoms with van der Waals surface area (Å²) in [7, 11) is 3.19. The minimum Gasteiger partial charge on any atom is -0.497 e. The molecule has 9 nitrogen and oxygen atoms in total. The van der Waals surface area contributed by atoms with E-state index in [2.05, 4.69) is 27.8 Å². The first-order valence-electron chi connectivity index (χ1n) is 9.60. The molecule has 0 spiro atoms. The summed E-state index contributed by atoms with van der Waals surface area (Å²) in [6.45, 7) is 1.89. The maximum absolute atomic E-state index is 11.3. The third-order valence-electron chi connectivity index (χ3n) is 4.38. The molecule has 1 fully saturated rings. The number of primary amides is 1. The molecule has 5 N–H and O–H groups in total. The molecule has 0 bridgehead atoms. The lowest BCUT2D eigenvalue weighted by molar-refractivity contribution is -0.119. The third-order valence-corrected chi connectivity index (χ3v) is 4.38. The fraction of sp³-hybridized carbons (Fsp3) is 0.217. The first kappa shape index (κ1) is 24.0. The predicted octanol–water partition coefficient (Wildman–Crippen LogP) is 0.637. The van der Waals surface area contributed by atoms with Crippen molar-refractivity contribution >= 4 is 23.8 Å². The van der Waals surface area contributed by atoms with E-state index in [-0.39, 0.29) is 12.3 Å². The van der Waals surface area contributed by atoms with Crippen LogP contribution in [0.4, 0.5) is 4.79 Å². The van der Waals surface area contributed by atoms with Gasteiger partial charge in [-0.05, 0) is 42.3 Å². The maximum atomic E-state index is 11.3. The average molecular weight is 436 g/mol. The van der Waals surface area contributed by atoms with Crippen molar-refractivity contribution in [1.29, 1.82) is 0 Å². The number of methoxy groups -OCH3 is 1. The van der Waals surface area contributed by atoms with Gasteiger partial charge >= 0.3 is 6.03 Å². The Kier molecular flexibility index (Phi) is 8.36. The first-order valence-corrected chi connectivity index (χ1v) is 9.60. The predicted molar refractivity (Wildman–Crippen MR) is 118 cm³/mol. The van der Waals surface area contributed by atoms with Crippen LogP contribution in [0.2, 0.25) is 0 Å². The molecule has 0 radical (unpaired) electrons. The Morgan fingerprint density at radius 3 is 2.38 bits per heavy atom. The van der Waals surface area contributed by atoms with E-state index in [4.69, 9.17) is 10.5 Å². The zero-order valence-electron chi connectivity index (χ0n) is 17.9. The van der Waals surface area contributed by atoms with Gasteiger partial charge in [-0.1, -0.05) is 30.0 Å². The van der Waals surface area contributed by atoms with Crippen molar-refractivity contribution in [3.63, 3.8) is 0 Å². The van der Waals surface area contributed by atoms with Crippen LogP contribution in [-0.2, 0) is 16.0 Å². The standard InChI is InChI=1S/C13H11N3O3.C10H13NO2/c14-11(17)7-9-3-1-8(2-4-9)5-6-10-12(18)16-13(19)15-10;1-7-4-5-8(13-3)6-9(7)10(12)11-2/h1-4,10H,7H2,(H2,14,17)(H2,15,16,18,19);4-6H,1-3H3,(H,11,12). The molecule has 1 aliphatic heterocycles. The summed E-state index contributed by atoms with van der Waals surface area (Å²) in [6, 6.07) is 11.0. The van der Waals surface area contributed by atoms with Crippen LogP contribution in [0.15, 0.2) is 42.5 Å².